The summed E-state index contributed by atoms with van der Waals surface area (Å²) in [7, 11) is 0. The molecular formula is C15H9BrN4. The molecular weight excluding hydrogens is 316 g/mol. The summed E-state index contributed by atoms with van der Waals surface area (Å²) >= 11 is 3.40. The van der Waals surface area contributed by atoms with E-state index in [-0.39, 0.29) is 5.69 Å². The summed E-state index contributed by atoms with van der Waals surface area (Å²) in [5.41, 5.74) is 2.61. The van der Waals surface area contributed by atoms with Gasteiger partial charge in [-0.25, -0.2) is 0 Å². The van der Waals surface area contributed by atoms with E-state index in [4.69, 9.17) is 0 Å². The minimum atomic E-state index is 0.284. The Labute approximate surface area is 124 Å². The van der Waals surface area contributed by atoms with Crippen molar-refractivity contribution in [1.29, 1.82) is 5.26 Å². The highest BCUT2D eigenvalue weighted by Gasteiger charge is 2.10. The molecule has 0 aliphatic heterocycles. The van der Waals surface area contributed by atoms with E-state index in [0.717, 1.165) is 21.1 Å². The van der Waals surface area contributed by atoms with Crippen LogP contribution < -0.4 is 5.32 Å². The first kappa shape index (κ1) is 12.6. The molecule has 0 spiro atoms. The molecule has 3 aromatic rings. The van der Waals surface area contributed by atoms with E-state index in [9.17, 15) is 5.26 Å². The van der Waals surface area contributed by atoms with Crippen molar-refractivity contribution in [3.05, 3.63) is 58.7 Å². The van der Waals surface area contributed by atoms with Crippen molar-refractivity contribution in [3.8, 4) is 6.07 Å². The number of rotatable bonds is 2. The second-order valence-corrected chi connectivity index (χ2v) is 5.10. The van der Waals surface area contributed by atoms with Crippen molar-refractivity contribution < 1.29 is 0 Å². The predicted molar refractivity (Wildman–Crippen MR) is 81.7 cm³/mol. The Bertz CT molecular complexity index is 806. The molecule has 0 unspecified atom stereocenters. The molecule has 0 saturated heterocycles. The fourth-order valence-electron chi connectivity index (χ4n) is 1.94. The molecule has 0 amide bonds. The van der Waals surface area contributed by atoms with Crippen molar-refractivity contribution in [3.63, 3.8) is 0 Å². The van der Waals surface area contributed by atoms with Crippen LogP contribution in [0.3, 0.4) is 0 Å². The van der Waals surface area contributed by atoms with Gasteiger partial charge in [0.15, 0.2) is 5.69 Å². The van der Waals surface area contributed by atoms with Crippen molar-refractivity contribution in [2.75, 3.05) is 5.32 Å². The molecule has 1 heterocycles. The Morgan fingerprint density at radius 1 is 1.00 bits per heavy atom. The van der Waals surface area contributed by atoms with E-state index in [0.29, 0.717) is 5.69 Å². The highest BCUT2D eigenvalue weighted by Crippen LogP contribution is 2.27. The smallest absolute Gasteiger partial charge is 0.187 e. The first-order chi connectivity index (χ1) is 9.78. The zero-order valence-corrected chi connectivity index (χ0v) is 11.9. The van der Waals surface area contributed by atoms with Gasteiger partial charge in [0.1, 0.15) is 6.07 Å². The Morgan fingerprint density at radius 2 is 1.75 bits per heavy atom. The summed E-state index contributed by atoms with van der Waals surface area (Å²) in [6.07, 6.45) is 0. The van der Waals surface area contributed by atoms with Crippen LogP contribution >= 0.6 is 15.9 Å². The lowest BCUT2D eigenvalue weighted by Crippen LogP contribution is -1.99. The topological polar surface area (TPSA) is 61.6 Å². The fraction of sp³-hybridized carbons (Fsp3) is 0. The van der Waals surface area contributed by atoms with E-state index in [2.05, 4.69) is 37.5 Å². The van der Waals surface area contributed by atoms with E-state index >= 15 is 0 Å². The minimum Gasteiger partial charge on any atom is -0.353 e. The van der Waals surface area contributed by atoms with Crippen LogP contribution in [-0.4, -0.2) is 10.2 Å². The fourth-order valence-corrected chi connectivity index (χ4v) is 2.20. The van der Waals surface area contributed by atoms with Crippen molar-refractivity contribution in [2.45, 2.75) is 0 Å². The molecule has 0 saturated carbocycles. The van der Waals surface area contributed by atoms with Gasteiger partial charge in [0.05, 0.1) is 11.2 Å². The second-order valence-electron chi connectivity index (χ2n) is 4.18. The number of fused-ring (bicyclic) bond motifs is 1. The first-order valence-electron chi connectivity index (χ1n) is 5.96. The predicted octanol–water partition coefficient (Wildman–Crippen LogP) is 4.01. The van der Waals surface area contributed by atoms with Crippen LogP contribution in [0.25, 0.3) is 10.9 Å². The maximum atomic E-state index is 9.20. The highest BCUT2D eigenvalue weighted by atomic mass is 79.9. The SMILES string of the molecule is N#Cc1nnc2ccccc2c1Nc1ccc(Br)cc1. The zero-order chi connectivity index (χ0) is 13.9. The molecule has 1 N–H and O–H groups in total. The summed E-state index contributed by atoms with van der Waals surface area (Å²) in [6, 6.07) is 17.4. The summed E-state index contributed by atoms with van der Waals surface area (Å²) < 4.78 is 1.00. The second kappa shape index (κ2) is 5.27. The van der Waals surface area contributed by atoms with Gasteiger partial charge in [-0.3, -0.25) is 0 Å². The minimum absolute atomic E-state index is 0.284. The van der Waals surface area contributed by atoms with Gasteiger partial charge in [-0.2, -0.15) is 5.26 Å². The number of hydrogen-bond acceptors (Lipinski definition) is 4. The number of anilines is 2. The Morgan fingerprint density at radius 3 is 2.50 bits per heavy atom. The quantitative estimate of drug-likeness (QED) is 0.773. The zero-order valence-electron chi connectivity index (χ0n) is 10.3. The van der Waals surface area contributed by atoms with Crippen molar-refractivity contribution >= 4 is 38.2 Å². The Balaban J connectivity index is 2.14. The largest absolute Gasteiger partial charge is 0.353 e. The average molecular weight is 325 g/mol. The molecule has 96 valence electrons. The number of nitrogens with one attached hydrogen (secondary N) is 1. The molecule has 0 radical (unpaired) electrons. The Hall–Kier alpha value is -2.45. The molecule has 1 aromatic heterocycles. The molecule has 20 heavy (non-hydrogen) atoms. The van der Waals surface area contributed by atoms with Gasteiger partial charge >= 0.3 is 0 Å². The van der Waals surface area contributed by atoms with Crippen LogP contribution in [0.1, 0.15) is 5.69 Å². The summed E-state index contributed by atoms with van der Waals surface area (Å²) in [4.78, 5) is 0. The molecule has 5 heteroatoms. The summed E-state index contributed by atoms with van der Waals surface area (Å²) in [5, 5.41) is 21.3. The molecule has 0 atom stereocenters. The van der Waals surface area contributed by atoms with Gasteiger partial charge in [0, 0.05) is 15.5 Å². The molecule has 4 nitrogen and oxygen atoms in total. The van der Waals surface area contributed by atoms with Gasteiger partial charge in [0.2, 0.25) is 0 Å². The number of halogens is 1. The van der Waals surface area contributed by atoms with Gasteiger partial charge in [-0.15, -0.1) is 10.2 Å². The standard InChI is InChI=1S/C15H9BrN4/c16-10-5-7-11(8-6-10)18-15-12-3-1-2-4-13(12)19-20-14(15)9-17/h1-8H,(H,18,19). The normalized spacial score (nSPS) is 10.2. The van der Waals surface area contributed by atoms with E-state index in [1.165, 1.54) is 0 Å². The van der Waals surface area contributed by atoms with Gasteiger partial charge in [0.25, 0.3) is 0 Å². The van der Waals surface area contributed by atoms with Crippen molar-refractivity contribution in [1.82, 2.24) is 10.2 Å². The highest BCUT2D eigenvalue weighted by molar-refractivity contribution is 9.10. The monoisotopic (exact) mass is 324 g/mol. The number of nitriles is 1. The van der Waals surface area contributed by atoms with Gasteiger partial charge in [-0.05, 0) is 30.3 Å². The maximum Gasteiger partial charge on any atom is 0.187 e. The lowest BCUT2D eigenvalue weighted by Gasteiger charge is -2.10. The van der Waals surface area contributed by atoms with Crippen LogP contribution in [0.2, 0.25) is 0 Å². The lowest BCUT2D eigenvalue weighted by molar-refractivity contribution is 1.05. The van der Waals surface area contributed by atoms with Crippen LogP contribution in [0.4, 0.5) is 11.4 Å². The first-order valence-corrected chi connectivity index (χ1v) is 6.75. The number of nitrogens with zero attached hydrogens (tertiary/aromatic N) is 3. The van der Waals surface area contributed by atoms with Gasteiger partial charge in [-0.1, -0.05) is 34.1 Å². The average Bonchev–Trinajstić information content (AvgIpc) is 2.50. The molecule has 2 aromatic carbocycles. The molecule has 0 bridgehead atoms. The number of benzene rings is 2. The van der Waals surface area contributed by atoms with E-state index in [1.807, 2.05) is 48.5 Å². The van der Waals surface area contributed by atoms with Crippen LogP contribution in [0.15, 0.2) is 53.0 Å². The van der Waals surface area contributed by atoms with E-state index in [1.54, 1.807) is 0 Å². The van der Waals surface area contributed by atoms with Gasteiger partial charge < -0.3 is 5.32 Å². The van der Waals surface area contributed by atoms with E-state index < -0.39 is 0 Å². The third-order valence-electron chi connectivity index (χ3n) is 2.89. The molecule has 0 aliphatic carbocycles. The Kier molecular flexibility index (Phi) is 3.32. The number of aromatic nitrogens is 2. The number of hydrogen-bond donors (Lipinski definition) is 1. The van der Waals surface area contributed by atoms with Crippen LogP contribution in [0, 0.1) is 11.3 Å². The molecule has 0 fully saturated rings. The molecule has 3 rings (SSSR count). The lowest BCUT2D eigenvalue weighted by atomic mass is 10.1. The maximum absolute atomic E-state index is 9.20. The third kappa shape index (κ3) is 2.33. The molecule has 0 aliphatic rings. The van der Waals surface area contributed by atoms with Crippen LogP contribution in [0.5, 0.6) is 0 Å². The van der Waals surface area contributed by atoms with Crippen LogP contribution in [-0.2, 0) is 0 Å². The van der Waals surface area contributed by atoms with Crippen molar-refractivity contribution in [2.24, 2.45) is 0 Å². The summed E-state index contributed by atoms with van der Waals surface area (Å²) in [5.74, 6) is 0. The summed E-state index contributed by atoms with van der Waals surface area (Å²) in [6.45, 7) is 0. The third-order valence-corrected chi connectivity index (χ3v) is 3.42.